The van der Waals surface area contributed by atoms with Crippen molar-refractivity contribution in [2.24, 2.45) is 0 Å². The molecule has 0 saturated carbocycles. The van der Waals surface area contributed by atoms with Crippen LogP contribution in [0.15, 0.2) is 58.2 Å². The lowest BCUT2D eigenvalue weighted by Crippen LogP contribution is -2.02. The van der Waals surface area contributed by atoms with Gasteiger partial charge in [0.2, 0.25) is 11.0 Å². The fraction of sp³-hybridized carbons (Fsp3) is 0.158. The highest BCUT2D eigenvalue weighted by molar-refractivity contribution is 7.98. The van der Waals surface area contributed by atoms with E-state index in [1.807, 2.05) is 25.1 Å². The third-order valence-corrected chi connectivity index (χ3v) is 4.91. The number of rotatable bonds is 6. The van der Waals surface area contributed by atoms with Crippen molar-refractivity contribution in [3.8, 4) is 22.8 Å². The largest absolute Gasteiger partial charge is 0.494 e. The second-order valence-corrected chi connectivity index (χ2v) is 6.90. The zero-order valence-electron chi connectivity index (χ0n) is 15.2. The highest BCUT2D eigenvalue weighted by atomic mass is 32.2. The van der Waals surface area contributed by atoms with Crippen LogP contribution >= 0.6 is 11.8 Å². The van der Waals surface area contributed by atoms with Crippen molar-refractivity contribution >= 4 is 11.8 Å². The Labute approximate surface area is 164 Å². The summed E-state index contributed by atoms with van der Waals surface area (Å²) in [6, 6.07) is 11.9. The Morgan fingerprint density at radius 3 is 2.79 bits per heavy atom. The summed E-state index contributed by atoms with van der Waals surface area (Å²) in [6.07, 6.45) is 1.62. The van der Waals surface area contributed by atoms with E-state index in [2.05, 4.69) is 20.5 Å². The Kier molecular flexibility index (Phi) is 5.07. The molecule has 0 aliphatic rings. The molecule has 2 aromatic heterocycles. The van der Waals surface area contributed by atoms with Crippen LogP contribution in [0.2, 0.25) is 0 Å². The van der Waals surface area contributed by atoms with Crippen LogP contribution in [0.5, 0.6) is 5.75 Å². The van der Waals surface area contributed by atoms with E-state index < -0.39 is 0 Å². The Morgan fingerprint density at radius 2 is 2.00 bits per heavy atom. The van der Waals surface area contributed by atoms with E-state index in [-0.39, 0.29) is 5.82 Å². The van der Waals surface area contributed by atoms with Crippen LogP contribution < -0.4 is 4.74 Å². The first-order chi connectivity index (χ1) is 13.6. The number of halogens is 1. The van der Waals surface area contributed by atoms with E-state index >= 15 is 0 Å². The number of aryl methyl sites for hydroxylation is 1. The number of thioether (sulfide) groups is 1. The maximum absolute atomic E-state index is 13.1. The molecule has 28 heavy (non-hydrogen) atoms. The SMILES string of the molecule is COc1ccc(C)cc1-n1nnnc1SCc1ncc(-c2ccc(F)cc2)o1. The Bertz CT molecular complexity index is 1090. The number of nitrogens with zero attached hydrogens (tertiary/aromatic N) is 5. The molecule has 9 heteroatoms. The van der Waals surface area contributed by atoms with Crippen LogP contribution in [-0.2, 0) is 5.75 Å². The van der Waals surface area contributed by atoms with Gasteiger partial charge in [0.25, 0.3) is 0 Å². The van der Waals surface area contributed by atoms with Gasteiger partial charge in [-0.05, 0) is 59.3 Å². The first-order valence-corrected chi connectivity index (χ1v) is 9.39. The van der Waals surface area contributed by atoms with Gasteiger partial charge in [-0.25, -0.2) is 9.37 Å². The van der Waals surface area contributed by atoms with Crippen molar-refractivity contribution in [3.05, 3.63) is 65.9 Å². The second kappa shape index (κ2) is 7.81. The molecule has 2 aromatic carbocycles. The van der Waals surface area contributed by atoms with Gasteiger partial charge in [-0.1, -0.05) is 17.8 Å². The van der Waals surface area contributed by atoms with Crippen LogP contribution in [0.4, 0.5) is 4.39 Å². The molecule has 0 unspecified atom stereocenters. The Morgan fingerprint density at radius 1 is 1.18 bits per heavy atom. The summed E-state index contributed by atoms with van der Waals surface area (Å²) in [6.45, 7) is 1.99. The smallest absolute Gasteiger partial charge is 0.214 e. The molecular weight excluding hydrogens is 381 g/mol. The van der Waals surface area contributed by atoms with Gasteiger partial charge in [0, 0.05) is 5.56 Å². The van der Waals surface area contributed by atoms with Crippen LogP contribution in [-0.4, -0.2) is 32.3 Å². The number of methoxy groups -OCH3 is 1. The topological polar surface area (TPSA) is 78.9 Å². The average Bonchev–Trinajstić information content (AvgIpc) is 3.36. The summed E-state index contributed by atoms with van der Waals surface area (Å²) in [7, 11) is 1.61. The number of hydrogen-bond acceptors (Lipinski definition) is 7. The normalized spacial score (nSPS) is 11.0. The molecule has 7 nitrogen and oxygen atoms in total. The maximum atomic E-state index is 13.1. The van der Waals surface area contributed by atoms with E-state index in [1.165, 1.54) is 23.9 Å². The van der Waals surface area contributed by atoms with Gasteiger partial charge in [0.15, 0.2) is 5.76 Å². The predicted octanol–water partition coefficient (Wildman–Crippen LogP) is 4.07. The zero-order valence-corrected chi connectivity index (χ0v) is 16.0. The minimum atomic E-state index is -0.294. The number of hydrogen-bond donors (Lipinski definition) is 0. The fourth-order valence-electron chi connectivity index (χ4n) is 2.64. The maximum Gasteiger partial charge on any atom is 0.214 e. The molecule has 4 rings (SSSR count). The van der Waals surface area contributed by atoms with Gasteiger partial charge in [-0.2, -0.15) is 4.68 Å². The minimum Gasteiger partial charge on any atom is -0.494 e. The van der Waals surface area contributed by atoms with Crippen LogP contribution in [0, 0.1) is 12.7 Å². The van der Waals surface area contributed by atoms with Crippen molar-refractivity contribution in [3.63, 3.8) is 0 Å². The van der Waals surface area contributed by atoms with Crippen molar-refractivity contribution < 1.29 is 13.5 Å². The van der Waals surface area contributed by atoms with Gasteiger partial charge in [0.05, 0.1) is 19.1 Å². The van der Waals surface area contributed by atoms with Gasteiger partial charge < -0.3 is 9.15 Å². The van der Waals surface area contributed by atoms with E-state index in [0.29, 0.717) is 28.3 Å². The molecule has 0 radical (unpaired) electrons. The summed E-state index contributed by atoms with van der Waals surface area (Å²) < 4.78 is 25.9. The van der Waals surface area contributed by atoms with E-state index in [4.69, 9.17) is 9.15 Å². The summed E-state index contributed by atoms with van der Waals surface area (Å²) in [4.78, 5) is 4.28. The lowest BCUT2D eigenvalue weighted by atomic mass is 10.2. The fourth-order valence-corrected chi connectivity index (χ4v) is 3.37. The third-order valence-electron chi connectivity index (χ3n) is 4.01. The van der Waals surface area contributed by atoms with Crippen LogP contribution in [0.1, 0.15) is 11.5 Å². The molecule has 0 atom stereocenters. The van der Waals surface area contributed by atoms with Gasteiger partial charge in [0.1, 0.15) is 17.3 Å². The molecule has 0 spiro atoms. The van der Waals surface area contributed by atoms with Gasteiger partial charge in [-0.15, -0.1) is 5.10 Å². The van der Waals surface area contributed by atoms with Crippen LogP contribution in [0.25, 0.3) is 17.0 Å². The highest BCUT2D eigenvalue weighted by Crippen LogP contribution is 2.29. The standard InChI is InChI=1S/C19H16FN5O2S/c1-12-3-8-16(26-2)15(9-12)25-19(22-23-24-25)28-11-18-21-10-17(27-18)13-4-6-14(20)7-5-13/h3-10H,11H2,1-2H3. The number of benzene rings is 2. The van der Waals surface area contributed by atoms with E-state index in [0.717, 1.165) is 16.8 Å². The molecule has 0 bridgehead atoms. The van der Waals surface area contributed by atoms with Crippen molar-refractivity contribution in [1.82, 2.24) is 25.2 Å². The Balaban J connectivity index is 1.52. The van der Waals surface area contributed by atoms with Gasteiger partial charge >= 0.3 is 0 Å². The number of aromatic nitrogens is 5. The first kappa shape index (κ1) is 18.2. The molecule has 0 fully saturated rings. The van der Waals surface area contributed by atoms with Crippen molar-refractivity contribution in [1.29, 1.82) is 0 Å². The average molecular weight is 397 g/mol. The molecule has 0 amide bonds. The molecule has 0 aliphatic carbocycles. The highest BCUT2D eigenvalue weighted by Gasteiger charge is 2.15. The van der Waals surface area contributed by atoms with Crippen LogP contribution in [0.3, 0.4) is 0 Å². The molecule has 0 N–H and O–H groups in total. The molecule has 0 aliphatic heterocycles. The summed E-state index contributed by atoms with van der Waals surface area (Å²) in [5.74, 6) is 1.92. The summed E-state index contributed by atoms with van der Waals surface area (Å²) >= 11 is 1.39. The summed E-state index contributed by atoms with van der Waals surface area (Å²) in [5, 5.41) is 12.5. The number of oxazole rings is 1. The quantitative estimate of drug-likeness (QED) is 0.454. The molecular formula is C19H16FN5O2S. The lowest BCUT2D eigenvalue weighted by molar-refractivity contribution is 0.410. The third kappa shape index (κ3) is 3.74. The molecule has 4 aromatic rings. The Hall–Kier alpha value is -3.20. The number of ether oxygens (including phenoxy) is 1. The summed E-state index contributed by atoms with van der Waals surface area (Å²) in [5.41, 5.74) is 2.59. The van der Waals surface area contributed by atoms with Crippen molar-refractivity contribution in [2.75, 3.05) is 7.11 Å². The lowest BCUT2D eigenvalue weighted by Gasteiger charge is -2.09. The molecule has 0 saturated heterocycles. The molecule has 142 valence electrons. The first-order valence-electron chi connectivity index (χ1n) is 8.41. The molecule has 2 heterocycles. The predicted molar refractivity (Wildman–Crippen MR) is 102 cm³/mol. The monoisotopic (exact) mass is 397 g/mol. The van der Waals surface area contributed by atoms with Crippen molar-refractivity contribution in [2.45, 2.75) is 17.8 Å². The minimum absolute atomic E-state index is 0.294. The van der Waals surface area contributed by atoms with Gasteiger partial charge in [-0.3, -0.25) is 0 Å². The number of tetrazole rings is 1. The zero-order chi connectivity index (χ0) is 19.5. The van der Waals surface area contributed by atoms with E-state index in [1.54, 1.807) is 30.1 Å². The second-order valence-electron chi connectivity index (χ2n) is 5.96. The van der Waals surface area contributed by atoms with E-state index in [9.17, 15) is 4.39 Å².